The lowest BCUT2D eigenvalue weighted by molar-refractivity contribution is -0.137. The molecule has 0 saturated heterocycles. The molecule has 2 aromatic carbocycles. The number of nitrogens with zero attached hydrogens (tertiary/aromatic N) is 2. The number of aliphatic carboxylic acids is 1. The van der Waals surface area contributed by atoms with Crippen molar-refractivity contribution < 1.29 is 19.5 Å². The Bertz CT molecular complexity index is 1190. The van der Waals surface area contributed by atoms with E-state index in [2.05, 4.69) is 15.7 Å². The van der Waals surface area contributed by atoms with Gasteiger partial charge in [0.1, 0.15) is 12.1 Å². The van der Waals surface area contributed by atoms with E-state index in [1.54, 1.807) is 31.2 Å². The third-order valence-corrected chi connectivity index (χ3v) is 4.64. The Kier molecular flexibility index (Phi) is 7.12. The molecule has 0 fully saturated rings. The smallest absolute Gasteiger partial charge is 0.322 e. The maximum Gasteiger partial charge on any atom is 0.322 e. The number of carboxylic acids is 1. The lowest BCUT2D eigenvalue weighted by Gasteiger charge is -2.16. The van der Waals surface area contributed by atoms with Crippen LogP contribution in [-0.4, -0.2) is 45.8 Å². The molecular weight excluding hydrogens is 412 g/mol. The molecule has 0 aliphatic carbocycles. The Hall–Kier alpha value is -4.27. The van der Waals surface area contributed by atoms with E-state index in [9.17, 15) is 19.2 Å². The number of rotatable bonds is 8. The van der Waals surface area contributed by atoms with Crippen molar-refractivity contribution in [1.29, 1.82) is 0 Å². The van der Waals surface area contributed by atoms with Crippen LogP contribution in [-0.2, 0) is 16.1 Å². The van der Waals surface area contributed by atoms with Crippen LogP contribution in [0.1, 0.15) is 17.3 Å². The molecule has 0 bridgehead atoms. The van der Waals surface area contributed by atoms with E-state index in [1.165, 1.54) is 4.68 Å². The molecule has 3 N–H and O–H groups in total. The van der Waals surface area contributed by atoms with Gasteiger partial charge in [-0.15, -0.1) is 0 Å². The van der Waals surface area contributed by atoms with Gasteiger partial charge in [-0.25, -0.2) is 4.68 Å². The van der Waals surface area contributed by atoms with Crippen molar-refractivity contribution in [2.45, 2.75) is 13.5 Å². The second-order valence-electron chi connectivity index (χ2n) is 6.80. The number of carbonyl (C=O) groups excluding carboxylic acids is 2. The van der Waals surface area contributed by atoms with Gasteiger partial charge in [-0.2, -0.15) is 5.10 Å². The van der Waals surface area contributed by atoms with Gasteiger partial charge < -0.3 is 15.7 Å². The van der Waals surface area contributed by atoms with Crippen LogP contribution in [0.15, 0.2) is 65.5 Å². The number of hydrogen-bond donors (Lipinski definition) is 3. The quantitative estimate of drug-likeness (QED) is 0.493. The van der Waals surface area contributed by atoms with E-state index in [0.29, 0.717) is 16.8 Å². The second-order valence-corrected chi connectivity index (χ2v) is 6.80. The number of carboxylic acid groups (broad SMARTS) is 1. The van der Waals surface area contributed by atoms with Crippen LogP contribution < -0.4 is 16.2 Å². The molecule has 0 radical (unpaired) electrons. The minimum absolute atomic E-state index is 0.141. The Labute approximate surface area is 183 Å². The number of amides is 2. The molecule has 0 saturated carbocycles. The van der Waals surface area contributed by atoms with Crippen LogP contribution >= 0.6 is 0 Å². The molecule has 0 unspecified atom stereocenters. The fraction of sp³-hybridized carbons (Fsp3) is 0.174. The summed E-state index contributed by atoms with van der Waals surface area (Å²) in [5, 5.41) is 17.7. The van der Waals surface area contributed by atoms with E-state index in [-0.39, 0.29) is 12.1 Å². The zero-order chi connectivity index (χ0) is 23.1. The molecule has 0 atom stereocenters. The number of benzene rings is 2. The van der Waals surface area contributed by atoms with E-state index < -0.39 is 36.4 Å². The highest BCUT2D eigenvalue weighted by molar-refractivity contribution is 6.04. The summed E-state index contributed by atoms with van der Waals surface area (Å²) in [7, 11) is 0. The van der Waals surface area contributed by atoms with Crippen molar-refractivity contribution in [3.8, 4) is 22.4 Å². The summed E-state index contributed by atoms with van der Waals surface area (Å²) in [6.45, 7) is 0.939. The number of aromatic nitrogens is 2. The van der Waals surface area contributed by atoms with Gasteiger partial charge in [0.25, 0.3) is 11.5 Å². The molecule has 2 amide bonds. The minimum atomic E-state index is -1.21. The third kappa shape index (κ3) is 5.07. The van der Waals surface area contributed by atoms with Crippen LogP contribution in [0.4, 0.5) is 0 Å². The molecular formula is C23H22N4O5. The summed E-state index contributed by atoms with van der Waals surface area (Å²) in [6, 6.07) is 18.1. The lowest BCUT2D eigenvalue weighted by Crippen LogP contribution is -2.41. The summed E-state index contributed by atoms with van der Waals surface area (Å²) in [5.41, 5.74) is 1.43. The Morgan fingerprint density at radius 2 is 1.50 bits per heavy atom. The highest BCUT2D eigenvalue weighted by atomic mass is 16.4. The Morgan fingerprint density at radius 3 is 2.06 bits per heavy atom. The number of aryl methyl sites for hydroxylation is 1. The van der Waals surface area contributed by atoms with Crippen LogP contribution in [0.5, 0.6) is 0 Å². The zero-order valence-electron chi connectivity index (χ0n) is 17.4. The Morgan fingerprint density at radius 1 is 0.906 bits per heavy atom. The molecule has 1 aromatic heterocycles. The Balaban J connectivity index is 2.11. The summed E-state index contributed by atoms with van der Waals surface area (Å²) in [5.74, 6) is -2.64. The first-order valence-electron chi connectivity index (χ1n) is 9.95. The number of carbonyl (C=O) groups is 3. The highest BCUT2D eigenvalue weighted by Gasteiger charge is 2.25. The van der Waals surface area contributed by atoms with E-state index in [1.807, 2.05) is 36.4 Å². The van der Waals surface area contributed by atoms with Crippen LogP contribution in [0.2, 0.25) is 0 Å². The van der Waals surface area contributed by atoms with E-state index >= 15 is 0 Å². The zero-order valence-corrected chi connectivity index (χ0v) is 17.4. The van der Waals surface area contributed by atoms with Gasteiger partial charge in [0.05, 0.1) is 12.2 Å². The van der Waals surface area contributed by atoms with Gasteiger partial charge in [-0.1, -0.05) is 60.7 Å². The van der Waals surface area contributed by atoms with Gasteiger partial charge in [0.15, 0.2) is 0 Å². The first kappa shape index (κ1) is 22.4. The van der Waals surface area contributed by atoms with Crippen molar-refractivity contribution in [3.63, 3.8) is 0 Å². The minimum Gasteiger partial charge on any atom is -0.480 e. The number of hydrogen-bond acceptors (Lipinski definition) is 5. The molecule has 3 rings (SSSR count). The molecule has 9 nitrogen and oxygen atoms in total. The summed E-state index contributed by atoms with van der Waals surface area (Å²) in [6.07, 6.45) is 0. The topological polar surface area (TPSA) is 130 Å². The maximum atomic E-state index is 13.1. The fourth-order valence-electron chi connectivity index (χ4n) is 3.17. The van der Waals surface area contributed by atoms with Crippen LogP contribution in [0.3, 0.4) is 0 Å². The molecule has 0 spiro atoms. The van der Waals surface area contributed by atoms with E-state index in [0.717, 1.165) is 5.56 Å². The van der Waals surface area contributed by atoms with Gasteiger partial charge in [0.2, 0.25) is 5.91 Å². The second kappa shape index (κ2) is 10.2. The van der Waals surface area contributed by atoms with Crippen LogP contribution in [0, 0.1) is 0 Å². The first-order valence-corrected chi connectivity index (χ1v) is 9.95. The van der Waals surface area contributed by atoms with Crippen molar-refractivity contribution in [2.75, 3.05) is 13.1 Å². The normalized spacial score (nSPS) is 10.4. The first-order chi connectivity index (χ1) is 15.4. The highest BCUT2D eigenvalue weighted by Crippen LogP contribution is 2.31. The van der Waals surface area contributed by atoms with Crippen molar-refractivity contribution in [3.05, 3.63) is 76.6 Å². The molecule has 1 heterocycles. The van der Waals surface area contributed by atoms with Gasteiger partial charge in [-0.05, 0) is 12.5 Å². The largest absolute Gasteiger partial charge is 0.480 e. The van der Waals surface area contributed by atoms with Gasteiger partial charge >= 0.3 is 5.97 Å². The molecule has 9 heteroatoms. The standard InChI is InChI=1S/C23H22N4O5/c1-2-27-23(32)20(22(31)25-13-17(28)24-14-18(29)30)19(15-9-5-3-6-10-15)21(26-27)16-11-7-4-8-12-16/h3-12H,2,13-14H2,1H3,(H,24,28)(H,25,31)(H,29,30). The predicted molar refractivity (Wildman–Crippen MR) is 118 cm³/mol. The molecule has 32 heavy (non-hydrogen) atoms. The SMILES string of the molecule is CCn1nc(-c2ccccc2)c(-c2ccccc2)c(C(=O)NCC(=O)NCC(=O)O)c1=O. The predicted octanol–water partition coefficient (Wildman–Crippen LogP) is 1.53. The molecule has 3 aromatic rings. The third-order valence-electron chi connectivity index (χ3n) is 4.64. The average Bonchev–Trinajstić information content (AvgIpc) is 2.81. The lowest BCUT2D eigenvalue weighted by atomic mass is 9.95. The van der Waals surface area contributed by atoms with Gasteiger partial charge in [0, 0.05) is 17.7 Å². The van der Waals surface area contributed by atoms with Crippen LogP contribution in [0.25, 0.3) is 22.4 Å². The van der Waals surface area contributed by atoms with Crippen molar-refractivity contribution in [1.82, 2.24) is 20.4 Å². The molecule has 0 aliphatic heterocycles. The molecule has 164 valence electrons. The summed E-state index contributed by atoms with van der Waals surface area (Å²) >= 11 is 0. The van der Waals surface area contributed by atoms with Crippen molar-refractivity contribution in [2.24, 2.45) is 0 Å². The van der Waals surface area contributed by atoms with Gasteiger partial charge in [-0.3, -0.25) is 19.2 Å². The number of nitrogens with one attached hydrogen (secondary N) is 2. The average molecular weight is 434 g/mol. The van der Waals surface area contributed by atoms with Crippen molar-refractivity contribution >= 4 is 17.8 Å². The fourth-order valence-corrected chi connectivity index (χ4v) is 3.17. The summed E-state index contributed by atoms with van der Waals surface area (Å²) in [4.78, 5) is 48.7. The maximum absolute atomic E-state index is 13.1. The molecule has 0 aliphatic rings. The summed E-state index contributed by atoms with van der Waals surface area (Å²) < 4.78 is 1.20. The van der Waals surface area contributed by atoms with E-state index in [4.69, 9.17) is 5.11 Å². The monoisotopic (exact) mass is 434 g/mol.